The number of carbonyl (C=O) groups is 1. The number of hydrogen-bond acceptors (Lipinski definition) is 5. The normalized spacial score (nSPS) is 26.2. The molecule has 2 atom stereocenters. The summed E-state index contributed by atoms with van der Waals surface area (Å²) < 4.78 is 1.61. The molecule has 1 saturated carbocycles. The minimum atomic E-state index is -0.866. The molecule has 2 unspecified atom stereocenters. The van der Waals surface area contributed by atoms with Crippen LogP contribution >= 0.6 is 11.8 Å². The highest BCUT2D eigenvalue weighted by Crippen LogP contribution is 2.37. The number of nitrogens with zero attached hydrogens (tertiary/aromatic N) is 2. The molecule has 1 heterocycles. The Hall–Kier alpha value is -1.28. The van der Waals surface area contributed by atoms with Crippen LogP contribution in [0.2, 0.25) is 0 Å². The van der Waals surface area contributed by atoms with Gasteiger partial charge in [0.2, 0.25) is 0 Å². The van der Waals surface area contributed by atoms with E-state index in [0.717, 1.165) is 12.8 Å². The monoisotopic (exact) mass is 314 g/mol. The molecule has 1 aromatic heterocycles. The van der Waals surface area contributed by atoms with Gasteiger partial charge in [-0.2, -0.15) is 0 Å². The number of carboxylic acid groups (broad SMARTS) is 1. The zero-order chi connectivity index (χ0) is 15.6. The molecule has 118 valence electrons. The summed E-state index contributed by atoms with van der Waals surface area (Å²) in [5.41, 5.74) is -1.09. The number of thioether (sulfide) groups is 1. The van der Waals surface area contributed by atoms with Gasteiger partial charge in [-0.25, -0.2) is 9.89 Å². The largest absolute Gasteiger partial charge is 0.480 e. The maximum atomic E-state index is 11.7. The first-order valence-corrected chi connectivity index (χ1v) is 8.03. The summed E-state index contributed by atoms with van der Waals surface area (Å²) in [6.07, 6.45) is 2.94. The van der Waals surface area contributed by atoms with E-state index in [9.17, 15) is 14.7 Å². The van der Waals surface area contributed by atoms with Crippen LogP contribution in [0.15, 0.2) is 9.95 Å². The first-order valence-electron chi connectivity index (χ1n) is 7.15. The van der Waals surface area contributed by atoms with Gasteiger partial charge >= 0.3 is 11.7 Å². The Balaban J connectivity index is 2.17. The van der Waals surface area contributed by atoms with Crippen molar-refractivity contribution in [1.29, 1.82) is 0 Å². The highest BCUT2D eigenvalue weighted by Gasteiger charge is 2.42. The van der Waals surface area contributed by atoms with Crippen molar-refractivity contribution < 1.29 is 9.90 Å². The molecule has 21 heavy (non-hydrogen) atoms. The van der Waals surface area contributed by atoms with Crippen molar-refractivity contribution in [1.82, 2.24) is 20.1 Å². The second-order valence-electron chi connectivity index (χ2n) is 5.75. The first kappa shape index (κ1) is 16.1. The lowest BCUT2D eigenvalue weighted by Gasteiger charge is -2.36. The topological polar surface area (TPSA) is 100 Å². The third-order valence-electron chi connectivity index (χ3n) is 4.05. The molecule has 1 aromatic rings. The fourth-order valence-electron chi connectivity index (χ4n) is 2.83. The van der Waals surface area contributed by atoms with Crippen LogP contribution in [0.4, 0.5) is 0 Å². The predicted octanol–water partition coefficient (Wildman–Crippen LogP) is 1.23. The van der Waals surface area contributed by atoms with E-state index in [1.54, 1.807) is 11.6 Å². The van der Waals surface area contributed by atoms with Gasteiger partial charge in [-0.15, -0.1) is 5.10 Å². The van der Waals surface area contributed by atoms with Crippen molar-refractivity contribution in [3.63, 3.8) is 0 Å². The van der Waals surface area contributed by atoms with Crippen molar-refractivity contribution in [2.75, 3.05) is 7.05 Å². The summed E-state index contributed by atoms with van der Waals surface area (Å²) in [6, 6.07) is 0.0240. The van der Waals surface area contributed by atoms with Crippen molar-refractivity contribution in [2.45, 2.75) is 61.5 Å². The molecule has 0 spiro atoms. The fraction of sp³-hybridized carbons (Fsp3) is 0.769. The zero-order valence-corrected chi connectivity index (χ0v) is 13.4. The molecular weight excluding hydrogens is 292 g/mol. The van der Waals surface area contributed by atoms with Gasteiger partial charge in [0.15, 0.2) is 5.16 Å². The summed E-state index contributed by atoms with van der Waals surface area (Å²) in [4.78, 5) is 23.3. The average molecular weight is 314 g/mol. The molecule has 8 heteroatoms. The lowest BCUT2D eigenvalue weighted by Crippen LogP contribution is -2.54. The molecule has 2 rings (SSSR count). The van der Waals surface area contributed by atoms with Crippen LogP contribution in [0, 0.1) is 0 Å². The number of likely N-dealkylation sites (N-methyl/N-ethyl adjacent to an activating group) is 1. The van der Waals surface area contributed by atoms with Gasteiger partial charge in [0.1, 0.15) is 5.54 Å². The number of aromatic nitrogens is 3. The number of hydrogen-bond donors (Lipinski definition) is 3. The second kappa shape index (κ2) is 6.23. The van der Waals surface area contributed by atoms with Crippen LogP contribution in [0.1, 0.15) is 45.6 Å². The predicted molar refractivity (Wildman–Crippen MR) is 80.8 cm³/mol. The van der Waals surface area contributed by atoms with Gasteiger partial charge in [-0.3, -0.25) is 9.36 Å². The lowest BCUT2D eigenvalue weighted by atomic mass is 9.81. The number of H-pyrrole nitrogens is 1. The summed E-state index contributed by atoms with van der Waals surface area (Å²) >= 11 is 1.49. The van der Waals surface area contributed by atoms with E-state index in [-0.39, 0.29) is 17.0 Å². The number of aromatic amines is 1. The van der Waals surface area contributed by atoms with E-state index in [0.29, 0.717) is 18.0 Å². The van der Waals surface area contributed by atoms with Gasteiger partial charge in [-0.05, 0) is 46.6 Å². The molecule has 1 aliphatic rings. The molecule has 0 saturated heterocycles. The molecule has 7 nitrogen and oxygen atoms in total. The molecule has 1 aliphatic carbocycles. The minimum absolute atomic E-state index is 0.0240. The number of carboxylic acids is 1. The van der Waals surface area contributed by atoms with Crippen LogP contribution in [-0.2, 0) is 4.79 Å². The molecule has 0 amide bonds. The third kappa shape index (κ3) is 3.16. The Morgan fingerprint density at radius 2 is 2.33 bits per heavy atom. The van der Waals surface area contributed by atoms with Gasteiger partial charge in [-0.1, -0.05) is 11.8 Å². The van der Waals surface area contributed by atoms with Crippen molar-refractivity contribution >= 4 is 17.7 Å². The van der Waals surface area contributed by atoms with Crippen LogP contribution in [0.5, 0.6) is 0 Å². The second-order valence-corrected chi connectivity index (χ2v) is 7.02. The molecule has 1 fully saturated rings. The van der Waals surface area contributed by atoms with Crippen molar-refractivity contribution in [2.24, 2.45) is 0 Å². The summed E-state index contributed by atoms with van der Waals surface area (Å²) in [5, 5.41) is 19.7. The van der Waals surface area contributed by atoms with Gasteiger partial charge < -0.3 is 10.4 Å². The summed E-state index contributed by atoms with van der Waals surface area (Å²) in [7, 11) is 1.69. The van der Waals surface area contributed by atoms with Gasteiger partial charge in [0, 0.05) is 11.3 Å². The van der Waals surface area contributed by atoms with E-state index in [1.807, 2.05) is 13.8 Å². The average Bonchev–Trinajstić information content (AvgIpc) is 2.79. The number of aliphatic carboxylic acids is 1. The van der Waals surface area contributed by atoms with Crippen LogP contribution in [0.3, 0.4) is 0 Å². The summed E-state index contributed by atoms with van der Waals surface area (Å²) in [6.45, 7) is 3.86. The maximum Gasteiger partial charge on any atom is 0.344 e. The van der Waals surface area contributed by atoms with Crippen LogP contribution in [-0.4, -0.2) is 43.7 Å². The molecule has 0 bridgehead atoms. The SMILES string of the molecule is CNC1(C(=O)O)CCCC(Sc2n[nH]c(=O)n2C(C)C)C1. The van der Waals surface area contributed by atoms with Crippen molar-refractivity contribution in [3.8, 4) is 0 Å². The van der Waals surface area contributed by atoms with E-state index in [1.165, 1.54) is 11.8 Å². The molecule has 0 aliphatic heterocycles. The van der Waals surface area contributed by atoms with Crippen LogP contribution < -0.4 is 11.0 Å². The Bertz CT molecular complexity index is 568. The molecule has 3 N–H and O–H groups in total. The number of rotatable bonds is 5. The van der Waals surface area contributed by atoms with E-state index in [4.69, 9.17) is 0 Å². The van der Waals surface area contributed by atoms with Gasteiger partial charge in [0.25, 0.3) is 0 Å². The smallest absolute Gasteiger partial charge is 0.344 e. The zero-order valence-electron chi connectivity index (χ0n) is 12.5. The first-order chi connectivity index (χ1) is 9.89. The Morgan fingerprint density at radius 3 is 2.90 bits per heavy atom. The molecular formula is C13H22N4O3S. The number of nitrogens with one attached hydrogen (secondary N) is 2. The quantitative estimate of drug-likeness (QED) is 0.756. The summed E-state index contributed by atoms with van der Waals surface area (Å²) in [5.74, 6) is -0.807. The van der Waals surface area contributed by atoms with E-state index >= 15 is 0 Å². The van der Waals surface area contributed by atoms with E-state index in [2.05, 4.69) is 15.5 Å². The maximum absolute atomic E-state index is 11.7. The van der Waals surface area contributed by atoms with Crippen LogP contribution in [0.25, 0.3) is 0 Å². The molecule has 0 aromatic carbocycles. The standard InChI is InChI=1S/C13H22N4O3S/c1-8(2)17-11(20)15-16-12(17)21-9-5-4-6-13(7-9,14-3)10(18)19/h8-9,14H,4-7H2,1-3H3,(H,15,20)(H,18,19). The van der Waals surface area contributed by atoms with Gasteiger partial charge in [0.05, 0.1) is 0 Å². The van der Waals surface area contributed by atoms with E-state index < -0.39 is 11.5 Å². The Morgan fingerprint density at radius 1 is 1.62 bits per heavy atom. The third-order valence-corrected chi connectivity index (χ3v) is 5.29. The Labute approximate surface area is 127 Å². The highest BCUT2D eigenvalue weighted by atomic mass is 32.2. The Kier molecular flexibility index (Phi) is 4.77. The fourth-order valence-corrected chi connectivity index (χ4v) is 4.29. The molecule has 0 radical (unpaired) electrons. The van der Waals surface area contributed by atoms with Crippen molar-refractivity contribution in [3.05, 3.63) is 10.5 Å². The minimum Gasteiger partial charge on any atom is -0.480 e. The lowest BCUT2D eigenvalue weighted by molar-refractivity contribution is -0.146. The highest BCUT2D eigenvalue weighted by molar-refractivity contribution is 7.99.